The number of carbonyl (C=O) groups is 2. The van der Waals surface area contributed by atoms with Crippen molar-refractivity contribution in [3.63, 3.8) is 0 Å². The van der Waals surface area contributed by atoms with Gasteiger partial charge in [0.1, 0.15) is 5.60 Å². The van der Waals surface area contributed by atoms with Crippen molar-refractivity contribution in [3.05, 3.63) is 0 Å². The lowest BCUT2D eigenvalue weighted by molar-refractivity contribution is -0.229. The first-order valence-electron chi connectivity index (χ1n) is 11.7. The Hall–Kier alpha value is -0.940. The van der Waals surface area contributed by atoms with Gasteiger partial charge in [0.15, 0.2) is 5.78 Å². The van der Waals surface area contributed by atoms with Crippen molar-refractivity contribution in [3.8, 4) is 0 Å². The Balaban J connectivity index is 1.63. The van der Waals surface area contributed by atoms with Crippen molar-refractivity contribution in [2.75, 3.05) is 0 Å². The molecule has 0 aromatic rings. The van der Waals surface area contributed by atoms with E-state index in [2.05, 4.69) is 20.8 Å². The van der Waals surface area contributed by atoms with Crippen LogP contribution in [-0.2, 0) is 9.59 Å². The summed E-state index contributed by atoms with van der Waals surface area (Å²) in [5.74, 6) is 0.427. The molecule has 0 saturated heterocycles. The van der Waals surface area contributed by atoms with E-state index in [0.29, 0.717) is 37.5 Å². The van der Waals surface area contributed by atoms with Crippen LogP contribution in [0.3, 0.4) is 0 Å². The molecule has 0 aliphatic heterocycles. The minimum atomic E-state index is -1.26. The van der Waals surface area contributed by atoms with E-state index in [0.717, 1.165) is 32.1 Å². The van der Waals surface area contributed by atoms with Gasteiger partial charge in [0.05, 0.1) is 6.10 Å². The smallest absolute Gasteiger partial charge is 0.303 e. The zero-order valence-electron chi connectivity index (χ0n) is 18.2. The van der Waals surface area contributed by atoms with Crippen molar-refractivity contribution < 1.29 is 24.9 Å². The summed E-state index contributed by atoms with van der Waals surface area (Å²) in [6.45, 7) is 6.49. The minimum absolute atomic E-state index is 0.00177. The van der Waals surface area contributed by atoms with Crippen LogP contribution in [0.5, 0.6) is 0 Å². The Kier molecular flexibility index (Phi) is 5.18. The number of aliphatic hydroxyl groups excluding tert-OH is 1. The normalized spacial score (nSPS) is 50.4. The predicted octanol–water partition coefficient (Wildman–Crippen LogP) is 3.80. The molecule has 3 N–H and O–H groups in total. The van der Waals surface area contributed by atoms with Gasteiger partial charge in [0, 0.05) is 18.3 Å². The molecule has 0 unspecified atom stereocenters. The highest BCUT2D eigenvalue weighted by molar-refractivity contribution is 5.90. The van der Waals surface area contributed by atoms with Gasteiger partial charge >= 0.3 is 5.97 Å². The Morgan fingerprint density at radius 3 is 2.52 bits per heavy atom. The molecule has 9 atom stereocenters. The van der Waals surface area contributed by atoms with Gasteiger partial charge in [-0.05, 0) is 86.4 Å². The standard InChI is InChI=1S/C24H38O5/c1-14(4-9-21(27)28)17-7-8-18-19-6-5-15-12-16(25)10-11-23(15,3)24(19,29)20(26)13-22(17,18)2/h14-19,25,29H,4-13H2,1-3H3,(H,27,28)/t14-,15-,16-,17-,18+,19+,22-,23+,24+/m1/s1. The average molecular weight is 407 g/mol. The average Bonchev–Trinajstić information content (AvgIpc) is 2.98. The number of ketones is 1. The fraction of sp³-hybridized carbons (Fsp3) is 0.917. The Morgan fingerprint density at radius 1 is 1.14 bits per heavy atom. The van der Waals surface area contributed by atoms with E-state index in [9.17, 15) is 19.8 Å². The van der Waals surface area contributed by atoms with E-state index in [-0.39, 0.29) is 41.5 Å². The molecule has 0 bridgehead atoms. The molecular weight excluding hydrogens is 368 g/mol. The summed E-state index contributed by atoms with van der Waals surface area (Å²) < 4.78 is 0. The van der Waals surface area contributed by atoms with Crippen molar-refractivity contribution in [1.82, 2.24) is 0 Å². The molecule has 164 valence electrons. The van der Waals surface area contributed by atoms with Gasteiger partial charge in [-0.25, -0.2) is 0 Å². The fourth-order valence-corrected chi connectivity index (χ4v) is 8.53. The van der Waals surface area contributed by atoms with Crippen LogP contribution in [0.2, 0.25) is 0 Å². The maximum absolute atomic E-state index is 13.7. The lowest BCUT2D eigenvalue weighted by Crippen LogP contribution is -2.70. The second kappa shape index (κ2) is 7.05. The first kappa shape index (κ1) is 21.3. The molecule has 5 heteroatoms. The van der Waals surface area contributed by atoms with Crippen LogP contribution in [0, 0.1) is 40.4 Å². The summed E-state index contributed by atoms with van der Waals surface area (Å²) in [6, 6.07) is 0. The van der Waals surface area contributed by atoms with Gasteiger partial charge in [-0.1, -0.05) is 20.8 Å². The highest BCUT2D eigenvalue weighted by atomic mass is 16.4. The number of aliphatic hydroxyl groups is 2. The van der Waals surface area contributed by atoms with E-state index in [1.54, 1.807) is 0 Å². The number of carboxylic acid groups (broad SMARTS) is 1. The molecule has 4 fully saturated rings. The number of rotatable bonds is 4. The fourth-order valence-electron chi connectivity index (χ4n) is 8.53. The summed E-state index contributed by atoms with van der Waals surface area (Å²) in [4.78, 5) is 24.7. The third-order valence-corrected chi connectivity index (χ3v) is 10.1. The lowest BCUT2D eigenvalue weighted by atomic mass is 9.41. The first-order valence-corrected chi connectivity index (χ1v) is 11.7. The van der Waals surface area contributed by atoms with Gasteiger partial charge in [-0.2, -0.15) is 0 Å². The number of carbonyl (C=O) groups excluding carboxylic acids is 1. The van der Waals surface area contributed by atoms with Crippen LogP contribution in [0.4, 0.5) is 0 Å². The molecule has 0 spiro atoms. The molecule has 4 rings (SSSR count). The lowest BCUT2D eigenvalue weighted by Gasteiger charge is -2.64. The van der Waals surface area contributed by atoms with Crippen LogP contribution in [0.1, 0.15) is 85.0 Å². The summed E-state index contributed by atoms with van der Waals surface area (Å²) in [5.41, 5.74) is -1.83. The van der Waals surface area contributed by atoms with Crippen LogP contribution in [0.15, 0.2) is 0 Å². The van der Waals surface area contributed by atoms with Gasteiger partial charge in [0.2, 0.25) is 0 Å². The summed E-state index contributed by atoms with van der Waals surface area (Å²) in [7, 11) is 0. The molecule has 0 aromatic carbocycles. The number of aliphatic carboxylic acids is 1. The van der Waals surface area contributed by atoms with E-state index in [1.807, 2.05) is 0 Å². The Bertz CT molecular complexity index is 691. The van der Waals surface area contributed by atoms with Crippen LogP contribution in [0.25, 0.3) is 0 Å². The van der Waals surface area contributed by atoms with Crippen LogP contribution < -0.4 is 0 Å². The van der Waals surface area contributed by atoms with E-state index < -0.39 is 17.0 Å². The third kappa shape index (κ3) is 2.94. The van der Waals surface area contributed by atoms with Crippen molar-refractivity contribution in [2.45, 2.75) is 96.7 Å². The minimum Gasteiger partial charge on any atom is -0.481 e. The molecule has 4 saturated carbocycles. The summed E-state index contributed by atoms with van der Waals surface area (Å²) in [6.07, 6.45) is 6.96. The molecular formula is C24H38O5. The molecule has 0 heterocycles. The zero-order chi connectivity index (χ0) is 21.2. The molecule has 0 radical (unpaired) electrons. The van der Waals surface area contributed by atoms with Gasteiger partial charge in [-0.15, -0.1) is 0 Å². The molecule has 29 heavy (non-hydrogen) atoms. The van der Waals surface area contributed by atoms with Crippen LogP contribution >= 0.6 is 0 Å². The number of fused-ring (bicyclic) bond motifs is 5. The molecule has 0 aromatic heterocycles. The molecule has 5 nitrogen and oxygen atoms in total. The van der Waals surface area contributed by atoms with E-state index in [1.165, 1.54) is 0 Å². The monoisotopic (exact) mass is 406 g/mol. The Morgan fingerprint density at radius 2 is 1.83 bits per heavy atom. The summed E-state index contributed by atoms with van der Waals surface area (Å²) >= 11 is 0. The SMILES string of the molecule is C[C@H](CCC(=O)O)[C@H]1CC[C@H]2[C@@H]3CC[C@@H]4C[C@H](O)CC[C@]4(C)[C@@]3(O)C(=O)C[C@]12C. The number of hydrogen-bond acceptors (Lipinski definition) is 4. The van der Waals surface area contributed by atoms with Gasteiger partial charge in [0.25, 0.3) is 0 Å². The quantitative estimate of drug-likeness (QED) is 0.660. The van der Waals surface area contributed by atoms with Crippen LogP contribution in [-0.4, -0.2) is 38.8 Å². The summed E-state index contributed by atoms with van der Waals surface area (Å²) in [5, 5.41) is 31.3. The molecule has 4 aliphatic carbocycles. The maximum Gasteiger partial charge on any atom is 0.303 e. The zero-order valence-corrected chi connectivity index (χ0v) is 18.2. The second-order valence-electron chi connectivity index (χ2n) is 11.3. The van der Waals surface area contributed by atoms with Gasteiger partial charge in [-0.3, -0.25) is 9.59 Å². The van der Waals surface area contributed by atoms with Crippen molar-refractivity contribution >= 4 is 11.8 Å². The highest BCUT2D eigenvalue weighted by Gasteiger charge is 2.70. The number of carboxylic acids is 1. The maximum atomic E-state index is 13.7. The largest absolute Gasteiger partial charge is 0.481 e. The van der Waals surface area contributed by atoms with Crippen molar-refractivity contribution in [1.29, 1.82) is 0 Å². The predicted molar refractivity (Wildman–Crippen MR) is 109 cm³/mol. The number of Topliss-reactive ketones (excluding diaryl/α,β-unsaturated/α-hetero) is 1. The Labute approximate surface area is 174 Å². The second-order valence-corrected chi connectivity index (χ2v) is 11.3. The van der Waals surface area contributed by atoms with E-state index >= 15 is 0 Å². The topological polar surface area (TPSA) is 94.8 Å². The van der Waals surface area contributed by atoms with Gasteiger partial charge < -0.3 is 15.3 Å². The molecule has 4 aliphatic rings. The number of hydrogen-bond donors (Lipinski definition) is 3. The molecule has 0 amide bonds. The van der Waals surface area contributed by atoms with Crippen molar-refractivity contribution in [2.24, 2.45) is 40.4 Å². The third-order valence-electron chi connectivity index (χ3n) is 10.1. The first-order chi connectivity index (χ1) is 13.5. The highest BCUT2D eigenvalue weighted by Crippen LogP contribution is 2.68. The van der Waals surface area contributed by atoms with E-state index in [4.69, 9.17) is 5.11 Å².